The maximum Gasteiger partial charge on any atom is 0.0640 e. The largest absolute Gasteiger partial charge is 0.330 e. The van der Waals surface area contributed by atoms with Crippen molar-refractivity contribution in [1.29, 1.82) is 0 Å². The third-order valence-electron chi connectivity index (χ3n) is 3.61. The van der Waals surface area contributed by atoms with Gasteiger partial charge in [-0.05, 0) is 50.5 Å². The van der Waals surface area contributed by atoms with Crippen LogP contribution >= 0.6 is 23.2 Å². The summed E-state index contributed by atoms with van der Waals surface area (Å²) in [5, 5.41) is 1.30. The molecule has 1 heterocycles. The van der Waals surface area contributed by atoms with E-state index in [9.17, 15) is 0 Å². The van der Waals surface area contributed by atoms with Gasteiger partial charge in [-0.25, -0.2) is 0 Å². The van der Waals surface area contributed by atoms with E-state index in [-0.39, 0.29) is 0 Å². The second kappa shape index (κ2) is 5.57. The van der Waals surface area contributed by atoms with Crippen LogP contribution in [-0.4, -0.2) is 25.0 Å². The summed E-state index contributed by atoms with van der Waals surface area (Å²) >= 11 is 12.4. The highest BCUT2D eigenvalue weighted by atomic mass is 35.5. The van der Waals surface area contributed by atoms with Crippen molar-refractivity contribution in [3.05, 3.63) is 33.8 Å². The molecule has 17 heavy (non-hydrogen) atoms. The van der Waals surface area contributed by atoms with Crippen LogP contribution in [0.25, 0.3) is 0 Å². The minimum absolute atomic E-state index is 0.292. The maximum absolute atomic E-state index is 6.31. The smallest absolute Gasteiger partial charge is 0.0640 e. The van der Waals surface area contributed by atoms with Crippen molar-refractivity contribution < 1.29 is 0 Å². The quantitative estimate of drug-likeness (QED) is 0.895. The minimum Gasteiger partial charge on any atom is -0.330 e. The molecule has 4 heteroatoms. The predicted molar refractivity (Wildman–Crippen MR) is 73.6 cm³/mol. The standard InChI is InChI=1S/C13H18Cl2N2/c1-17-7-3-4-9(8-16)13(17)10-5-2-6-11(14)12(10)15/h2,5-6,9,13H,3-4,7-8,16H2,1H3. The van der Waals surface area contributed by atoms with Gasteiger partial charge in [-0.15, -0.1) is 0 Å². The fourth-order valence-corrected chi connectivity index (χ4v) is 3.17. The van der Waals surface area contributed by atoms with Gasteiger partial charge in [0, 0.05) is 6.04 Å². The van der Waals surface area contributed by atoms with E-state index in [1.54, 1.807) is 0 Å². The van der Waals surface area contributed by atoms with Crippen LogP contribution < -0.4 is 5.73 Å². The Labute approximate surface area is 113 Å². The molecule has 2 rings (SSSR count). The Kier molecular flexibility index (Phi) is 4.31. The molecule has 2 atom stereocenters. The number of piperidine rings is 1. The van der Waals surface area contributed by atoms with E-state index in [2.05, 4.69) is 18.0 Å². The zero-order valence-electron chi connectivity index (χ0n) is 10.00. The molecule has 2 nitrogen and oxygen atoms in total. The molecule has 1 fully saturated rings. The summed E-state index contributed by atoms with van der Waals surface area (Å²) in [6, 6.07) is 6.14. The number of rotatable bonds is 2. The number of hydrogen-bond acceptors (Lipinski definition) is 2. The molecule has 2 unspecified atom stereocenters. The van der Waals surface area contributed by atoms with E-state index < -0.39 is 0 Å². The lowest BCUT2D eigenvalue weighted by Crippen LogP contribution is -2.39. The van der Waals surface area contributed by atoms with Crippen LogP contribution in [0.4, 0.5) is 0 Å². The number of benzene rings is 1. The van der Waals surface area contributed by atoms with Gasteiger partial charge >= 0.3 is 0 Å². The molecule has 0 spiro atoms. The molecular weight excluding hydrogens is 255 g/mol. The number of nitrogens with two attached hydrogens (primary N) is 1. The van der Waals surface area contributed by atoms with Gasteiger partial charge < -0.3 is 5.73 Å². The average Bonchev–Trinajstić information content (AvgIpc) is 2.33. The van der Waals surface area contributed by atoms with Gasteiger partial charge in [0.15, 0.2) is 0 Å². The van der Waals surface area contributed by atoms with Gasteiger partial charge in [0.25, 0.3) is 0 Å². The summed E-state index contributed by atoms with van der Waals surface area (Å²) < 4.78 is 0. The summed E-state index contributed by atoms with van der Waals surface area (Å²) in [5.74, 6) is 0.463. The molecule has 0 saturated carbocycles. The summed E-state index contributed by atoms with van der Waals surface area (Å²) in [4.78, 5) is 2.33. The van der Waals surface area contributed by atoms with Gasteiger partial charge in [0.05, 0.1) is 10.0 Å². The Morgan fingerprint density at radius 3 is 2.88 bits per heavy atom. The SMILES string of the molecule is CN1CCCC(CN)C1c1cccc(Cl)c1Cl. The Balaban J connectivity index is 2.38. The van der Waals surface area contributed by atoms with Gasteiger partial charge in [-0.3, -0.25) is 4.90 Å². The highest BCUT2D eigenvalue weighted by molar-refractivity contribution is 6.42. The average molecular weight is 273 g/mol. The molecule has 0 amide bonds. The summed E-state index contributed by atoms with van der Waals surface area (Å²) in [6.45, 7) is 1.78. The Morgan fingerprint density at radius 2 is 2.18 bits per heavy atom. The van der Waals surface area contributed by atoms with Crippen LogP contribution in [0.1, 0.15) is 24.4 Å². The van der Waals surface area contributed by atoms with Crippen LogP contribution in [0.5, 0.6) is 0 Å². The van der Waals surface area contributed by atoms with Gasteiger partial charge in [-0.1, -0.05) is 35.3 Å². The van der Waals surface area contributed by atoms with Gasteiger partial charge in [-0.2, -0.15) is 0 Å². The Hall–Kier alpha value is -0.280. The Morgan fingerprint density at radius 1 is 1.41 bits per heavy atom. The Bertz CT molecular complexity index is 395. The first-order valence-corrected chi connectivity index (χ1v) is 6.75. The molecule has 1 aromatic rings. The van der Waals surface area contributed by atoms with Crippen LogP contribution in [0.15, 0.2) is 18.2 Å². The van der Waals surface area contributed by atoms with Crippen molar-refractivity contribution in [2.75, 3.05) is 20.1 Å². The predicted octanol–water partition coefficient (Wildman–Crippen LogP) is 3.34. The first kappa shape index (κ1) is 13.2. The van der Waals surface area contributed by atoms with E-state index in [0.717, 1.165) is 18.5 Å². The first-order valence-electron chi connectivity index (χ1n) is 5.99. The van der Waals surface area contributed by atoms with Crippen molar-refractivity contribution in [1.82, 2.24) is 4.90 Å². The molecule has 1 aliphatic rings. The van der Waals surface area contributed by atoms with Crippen molar-refractivity contribution >= 4 is 23.2 Å². The van der Waals surface area contributed by atoms with E-state index >= 15 is 0 Å². The third-order valence-corrected chi connectivity index (χ3v) is 4.44. The topological polar surface area (TPSA) is 29.3 Å². The monoisotopic (exact) mass is 272 g/mol. The second-order valence-electron chi connectivity index (χ2n) is 4.71. The van der Waals surface area contributed by atoms with E-state index in [1.165, 1.54) is 6.42 Å². The van der Waals surface area contributed by atoms with Crippen LogP contribution in [0, 0.1) is 5.92 Å². The fourth-order valence-electron chi connectivity index (χ4n) is 2.75. The van der Waals surface area contributed by atoms with E-state index in [4.69, 9.17) is 28.9 Å². The molecule has 94 valence electrons. The number of nitrogens with zero attached hydrogens (tertiary/aromatic N) is 1. The summed E-state index contributed by atoms with van der Waals surface area (Å²) in [7, 11) is 2.13. The molecule has 2 N–H and O–H groups in total. The van der Waals surface area contributed by atoms with Crippen molar-refractivity contribution in [3.8, 4) is 0 Å². The zero-order chi connectivity index (χ0) is 12.4. The van der Waals surface area contributed by atoms with Crippen LogP contribution in [0.3, 0.4) is 0 Å². The highest BCUT2D eigenvalue weighted by Gasteiger charge is 2.31. The molecule has 1 saturated heterocycles. The highest BCUT2D eigenvalue weighted by Crippen LogP contribution is 2.39. The third kappa shape index (κ3) is 2.60. The summed E-state index contributed by atoms with van der Waals surface area (Å²) in [5.41, 5.74) is 6.99. The van der Waals surface area contributed by atoms with Crippen molar-refractivity contribution in [2.24, 2.45) is 11.7 Å². The number of likely N-dealkylation sites (tertiary alicyclic amines) is 1. The molecule has 0 radical (unpaired) electrons. The first-order chi connectivity index (χ1) is 8.15. The lowest BCUT2D eigenvalue weighted by molar-refractivity contribution is 0.125. The maximum atomic E-state index is 6.31. The lowest BCUT2D eigenvalue weighted by atomic mass is 9.85. The zero-order valence-corrected chi connectivity index (χ0v) is 11.5. The normalized spacial score (nSPS) is 26.1. The molecule has 0 bridgehead atoms. The van der Waals surface area contributed by atoms with Crippen LogP contribution in [-0.2, 0) is 0 Å². The van der Waals surface area contributed by atoms with Crippen molar-refractivity contribution in [3.63, 3.8) is 0 Å². The summed E-state index contributed by atoms with van der Waals surface area (Å²) in [6.07, 6.45) is 2.36. The van der Waals surface area contributed by atoms with Gasteiger partial charge in [0.1, 0.15) is 0 Å². The molecule has 1 aromatic carbocycles. The van der Waals surface area contributed by atoms with E-state index in [0.29, 0.717) is 28.5 Å². The van der Waals surface area contributed by atoms with E-state index in [1.807, 2.05) is 12.1 Å². The molecule has 0 aromatic heterocycles. The lowest BCUT2D eigenvalue weighted by Gasteiger charge is -2.39. The number of hydrogen-bond donors (Lipinski definition) is 1. The molecule has 1 aliphatic heterocycles. The van der Waals surface area contributed by atoms with Crippen LogP contribution in [0.2, 0.25) is 10.0 Å². The molecule has 0 aliphatic carbocycles. The fraction of sp³-hybridized carbons (Fsp3) is 0.538. The van der Waals surface area contributed by atoms with Crippen molar-refractivity contribution in [2.45, 2.75) is 18.9 Å². The minimum atomic E-state index is 0.292. The van der Waals surface area contributed by atoms with Gasteiger partial charge in [0.2, 0.25) is 0 Å². The molecular formula is C13H18Cl2N2. The second-order valence-corrected chi connectivity index (χ2v) is 5.49. The number of halogens is 2.